The molecule has 7 heteroatoms. The molecule has 1 rings (SSSR count). The number of nitro groups is 1. The van der Waals surface area contributed by atoms with Gasteiger partial charge in [-0.3, -0.25) is 14.9 Å². The second kappa shape index (κ2) is 5.84. The Morgan fingerprint density at radius 1 is 1.53 bits per heavy atom. The number of rotatable bonds is 4. The maximum atomic E-state index is 11.2. The Balaban J connectivity index is 3.21. The molecule has 0 aromatic heterocycles. The lowest BCUT2D eigenvalue weighted by molar-refractivity contribution is -0.384. The van der Waals surface area contributed by atoms with Crippen molar-refractivity contribution in [3.63, 3.8) is 0 Å². The summed E-state index contributed by atoms with van der Waals surface area (Å²) in [4.78, 5) is 21.2. The lowest BCUT2D eigenvalue weighted by Gasteiger charge is -2.08. The van der Waals surface area contributed by atoms with E-state index in [0.29, 0.717) is 11.1 Å². The smallest absolute Gasteiger partial charge is 0.310 e. The number of carbonyl (C=O) groups is 1. The van der Waals surface area contributed by atoms with Gasteiger partial charge in [-0.2, -0.15) is 0 Å². The Hall–Kier alpha value is -1.33. The second-order valence-corrected chi connectivity index (χ2v) is 3.88. The molecule has 0 amide bonds. The Kier molecular flexibility index (Phi) is 4.72. The van der Waals surface area contributed by atoms with Gasteiger partial charge in [0.2, 0.25) is 0 Å². The van der Waals surface area contributed by atoms with E-state index < -0.39 is 10.9 Å². The zero-order chi connectivity index (χ0) is 13.0. The van der Waals surface area contributed by atoms with Crippen LogP contribution in [0, 0.1) is 10.1 Å². The summed E-state index contributed by atoms with van der Waals surface area (Å²) in [5.74, 6) is -0.444. The van der Waals surface area contributed by atoms with Crippen molar-refractivity contribution in [1.82, 2.24) is 0 Å². The summed E-state index contributed by atoms with van der Waals surface area (Å²) < 4.78 is 4.51. The zero-order valence-corrected chi connectivity index (χ0v) is 10.4. The minimum absolute atomic E-state index is 0.0354. The Morgan fingerprint density at radius 2 is 2.18 bits per heavy atom. The third kappa shape index (κ3) is 3.31. The summed E-state index contributed by atoms with van der Waals surface area (Å²) >= 11 is 11.6. The molecule has 0 saturated carbocycles. The van der Waals surface area contributed by atoms with Crippen molar-refractivity contribution in [3.8, 4) is 0 Å². The quantitative estimate of drug-likeness (QED) is 0.367. The largest absolute Gasteiger partial charge is 0.469 e. The van der Waals surface area contributed by atoms with E-state index in [2.05, 4.69) is 4.74 Å². The van der Waals surface area contributed by atoms with Crippen LogP contribution in [-0.2, 0) is 21.8 Å². The normalized spacial score (nSPS) is 10.1. The van der Waals surface area contributed by atoms with Gasteiger partial charge in [-0.15, -0.1) is 11.6 Å². The van der Waals surface area contributed by atoms with Crippen LogP contribution in [0.1, 0.15) is 11.1 Å². The summed E-state index contributed by atoms with van der Waals surface area (Å²) in [5.41, 5.74) is 0.759. The molecule has 0 saturated heterocycles. The van der Waals surface area contributed by atoms with Crippen molar-refractivity contribution >= 4 is 34.9 Å². The zero-order valence-electron chi connectivity index (χ0n) is 8.91. The molecule has 92 valence electrons. The molecule has 0 bridgehead atoms. The summed E-state index contributed by atoms with van der Waals surface area (Å²) in [7, 11) is 1.25. The fourth-order valence-corrected chi connectivity index (χ4v) is 1.86. The number of esters is 1. The van der Waals surface area contributed by atoms with Crippen LogP contribution in [0.3, 0.4) is 0 Å². The predicted molar refractivity (Wildman–Crippen MR) is 63.4 cm³/mol. The van der Waals surface area contributed by atoms with E-state index in [1.807, 2.05) is 0 Å². The number of hydrogen-bond donors (Lipinski definition) is 0. The monoisotopic (exact) mass is 277 g/mol. The number of ether oxygens (including phenoxy) is 1. The third-order valence-electron chi connectivity index (χ3n) is 2.18. The number of benzene rings is 1. The first-order chi connectivity index (χ1) is 7.99. The van der Waals surface area contributed by atoms with Gasteiger partial charge >= 0.3 is 5.97 Å². The van der Waals surface area contributed by atoms with Crippen LogP contribution in [0.4, 0.5) is 5.69 Å². The lowest BCUT2D eigenvalue weighted by atomic mass is 10.0. The van der Waals surface area contributed by atoms with Crippen LogP contribution in [0.15, 0.2) is 12.1 Å². The summed E-state index contributed by atoms with van der Waals surface area (Å²) in [6.07, 6.45) is -0.0601. The molecule has 1 aromatic rings. The van der Waals surface area contributed by atoms with Crippen molar-refractivity contribution < 1.29 is 14.5 Å². The van der Waals surface area contributed by atoms with E-state index >= 15 is 0 Å². The van der Waals surface area contributed by atoms with Crippen LogP contribution in [-0.4, -0.2) is 18.0 Å². The number of alkyl halides is 1. The molecule has 5 nitrogen and oxygen atoms in total. The van der Waals surface area contributed by atoms with Gasteiger partial charge in [0.15, 0.2) is 0 Å². The Bertz CT molecular complexity index is 462. The third-order valence-corrected chi connectivity index (χ3v) is 2.80. The minimum atomic E-state index is -0.566. The molecule has 17 heavy (non-hydrogen) atoms. The van der Waals surface area contributed by atoms with Crippen molar-refractivity contribution in [2.24, 2.45) is 0 Å². The van der Waals surface area contributed by atoms with Gasteiger partial charge in [0.25, 0.3) is 5.69 Å². The molecule has 0 atom stereocenters. The number of halogens is 2. The van der Waals surface area contributed by atoms with Crippen LogP contribution >= 0.6 is 23.2 Å². The highest BCUT2D eigenvalue weighted by Crippen LogP contribution is 2.28. The van der Waals surface area contributed by atoms with Crippen LogP contribution in [0.2, 0.25) is 5.02 Å². The molecule has 0 aliphatic rings. The molecule has 0 aliphatic heterocycles. The fourth-order valence-electron chi connectivity index (χ4n) is 1.32. The molecule has 0 unspecified atom stereocenters. The van der Waals surface area contributed by atoms with Gasteiger partial charge in [0.05, 0.1) is 23.5 Å². The molecule has 1 aromatic carbocycles. The molecule has 0 N–H and O–H groups in total. The first-order valence-electron chi connectivity index (χ1n) is 4.58. The molecule has 0 aliphatic carbocycles. The number of hydrogen-bond acceptors (Lipinski definition) is 4. The van der Waals surface area contributed by atoms with Gasteiger partial charge in [-0.1, -0.05) is 11.6 Å². The summed E-state index contributed by atoms with van der Waals surface area (Å²) in [6, 6.07) is 2.49. The van der Waals surface area contributed by atoms with E-state index in [1.54, 1.807) is 0 Å². The van der Waals surface area contributed by atoms with Gasteiger partial charge in [-0.25, -0.2) is 0 Å². The van der Waals surface area contributed by atoms with E-state index in [9.17, 15) is 14.9 Å². The number of non-ortho nitro benzene ring substituents is 1. The second-order valence-electron chi connectivity index (χ2n) is 3.21. The van der Waals surface area contributed by atoms with Crippen LogP contribution in [0.5, 0.6) is 0 Å². The van der Waals surface area contributed by atoms with E-state index in [0.717, 1.165) is 0 Å². The molecular weight excluding hydrogens is 269 g/mol. The number of methoxy groups -OCH3 is 1. The average Bonchev–Trinajstić information content (AvgIpc) is 2.30. The van der Waals surface area contributed by atoms with Gasteiger partial charge in [0.1, 0.15) is 0 Å². The van der Waals surface area contributed by atoms with Gasteiger partial charge in [0, 0.05) is 18.0 Å². The maximum absolute atomic E-state index is 11.2. The molecular formula is C10H9Cl2NO4. The maximum Gasteiger partial charge on any atom is 0.310 e. The Morgan fingerprint density at radius 3 is 2.65 bits per heavy atom. The van der Waals surface area contributed by atoms with E-state index in [1.165, 1.54) is 19.2 Å². The number of nitro benzene ring substituents is 1. The number of nitrogens with zero attached hydrogens (tertiary/aromatic N) is 1. The van der Waals surface area contributed by atoms with Crippen molar-refractivity contribution in [3.05, 3.63) is 38.4 Å². The van der Waals surface area contributed by atoms with Gasteiger partial charge in [-0.05, 0) is 11.1 Å². The SMILES string of the molecule is COC(=O)Cc1c(Cl)cc([N+](=O)[O-])cc1CCl. The van der Waals surface area contributed by atoms with Crippen molar-refractivity contribution in [2.45, 2.75) is 12.3 Å². The van der Waals surface area contributed by atoms with Crippen LogP contribution in [0.25, 0.3) is 0 Å². The first kappa shape index (κ1) is 13.7. The van der Waals surface area contributed by atoms with Crippen LogP contribution < -0.4 is 0 Å². The molecule has 0 spiro atoms. The van der Waals surface area contributed by atoms with Crippen molar-refractivity contribution in [2.75, 3.05) is 7.11 Å². The minimum Gasteiger partial charge on any atom is -0.469 e. The van der Waals surface area contributed by atoms with E-state index in [-0.39, 0.29) is 23.0 Å². The van der Waals surface area contributed by atoms with E-state index in [4.69, 9.17) is 23.2 Å². The summed E-state index contributed by atoms with van der Waals surface area (Å²) in [6.45, 7) is 0. The molecule has 0 fully saturated rings. The Labute approximate surface area is 107 Å². The summed E-state index contributed by atoms with van der Waals surface area (Å²) in [5, 5.41) is 10.8. The first-order valence-corrected chi connectivity index (χ1v) is 5.49. The van der Waals surface area contributed by atoms with Gasteiger partial charge < -0.3 is 4.74 Å². The highest BCUT2D eigenvalue weighted by molar-refractivity contribution is 6.32. The lowest BCUT2D eigenvalue weighted by Crippen LogP contribution is -2.07. The fraction of sp³-hybridized carbons (Fsp3) is 0.300. The molecule has 0 heterocycles. The predicted octanol–water partition coefficient (Wildman–Crippen LogP) is 2.70. The average molecular weight is 278 g/mol. The van der Waals surface area contributed by atoms with Crippen molar-refractivity contribution in [1.29, 1.82) is 0 Å². The highest BCUT2D eigenvalue weighted by atomic mass is 35.5. The standard InChI is InChI=1S/C10H9Cl2NO4/c1-17-10(14)4-8-6(5-11)2-7(13(15)16)3-9(8)12/h2-3H,4-5H2,1H3. The highest BCUT2D eigenvalue weighted by Gasteiger charge is 2.17. The number of carbonyl (C=O) groups excluding carboxylic acids is 1. The molecule has 0 radical (unpaired) electrons. The topological polar surface area (TPSA) is 69.4 Å².